The van der Waals surface area contributed by atoms with Crippen LogP contribution in [0.25, 0.3) is 0 Å². The number of fused-ring (bicyclic) bond motifs is 3. The molecule has 3 rings (SSSR count). The SMILES string of the molecule is CCCCCCCCC=CCCCCCCCC(=O)OCC1=C2CCC2(C)C2CC(C)(C)CC2(O)C1=O. The zero-order chi connectivity index (χ0) is 26.9. The first-order chi connectivity index (χ1) is 17.6. The van der Waals surface area contributed by atoms with Gasteiger partial charge in [0.25, 0.3) is 0 Å². The first-order valence-corrected chi connectivity index (χ1v) is 15.4. The molecule has 0 bridgehead atoms. The second kappa shape index (κ2) is 13.6. The van der Waals surface area contributed by atoms with E-state index in [0.717, 1.165) is 50.5 Å². The monoisotopic (exact) mass is 514 g/mol. The van der Waals surface area contributed by atoms with Gasteiger partial charge in [0.1, 0.15) is 12.2 Å². The number of Topliss-reactive ketones (excluding diaryl/α,β-unsaturated/α-hetero) is 1. The van der Waals surface area contributed by atoms with Crippen LogP contribution in [0.3, 0.4) is 0 Å². The summed E-state index contributed by atoms with van der Waals surface area (Å²) in [5.41, 5.74) is 0.255. The van der Waals surface area contributed by atoms with Gasteiger partial charge in [-0.1, -0.05) is 96.8 Å². The molecule has 0 amide bonds. The molecule has 0 aromatic carbocycles. The van der Waals surface area contributed by atoms with E-state index in [2.05, 4.69) is 39.8 Å². The first kappa shape index (κ1) is 30.1. The number of carbonyl (C=O) groups is 2. The zero-order valence-corrected chi connectivity index (χ0v) is 24.3. The lowest BCUT2D eigenvalue weighted by atomic mass is 9.50. The molecule has 2 fully saturated rings. The molecule has 0 radical (unpaired) electrons. The van der Waals surface area contributed by atoms with Crippen molar-refractivity contribution in [3.05, 3.63) is 23.3 Å². The van der Waals surface area contributed by atoms with Crippen LogP contribution in [-0.4, -0.2) is 29.1 Å². The van der Waals surface area contributed by atoms with Gasteiger partial charge in [0.2, 0.25) is 0 Å². The third-order valence-electron chi connectivity index (χ3n) is 9.49. The predicted molar refractivity (Wildman–Crippen MR) is 151 cm³/mol. The maximum absolute atomic E-state index is 13.4. The van der Waals surface area contributed by atoms with Crippen LogP contribution in [0.5, 0.6) is 0 Å². The van der Waals surface area contributed by atoms with Crippen LogP contribution in [0.2, 0.25) is 0 Å². The summed E-state index contributed by atoms with van der Waals surface area (Å²) in [7, 11) is 0. The highest BCUT2D eigenvalue weighted by Gasteiger charge is 2.66. The Morgan fingerprint density at radius 3 is 2.14 bits per heavy atom. The van der Waals surface area contributed by atoms with Gasteiger partial charge in [-0.15, -0.1) is 0 Å². The largest absolute Gasteiger partial charge is 0.461 e. The van der Waals surface area contributed by atoms with Gasteiger partial charge in [-0.25, -0.2) is 0 Å². The van der Waals surface area contributed by atoms with Crippen molar-refractivity contribution < 1.29 is 19.4 Å². The lowest BCUT2D eigenvalue weighted by Gasteiger charge is -2.55. The van der Waals surface area contributed by atoms with E-state index in [4.69, 9.17) is 4.74 Å². The van der Waals surface area contributed by atoms with Crippen LogP contribution in [0.15, 0.2) is 23.3 Å². The minimum Gasteiger partial charge on any atom is -0.461 e. The fraction of sp³-hybridized carbons (Fsp3) is 0.818. The molecule has 37 heavy (non-hydrogen) atoms. The van der Waals surface area contributed by atoms with Gasteiger partial charge in [0.15, 0.2) is 5.78 Å². The number of unbranched alkanes of at least 4 members (excludes halogenated alkanes) is 11. The number of hydrogen-bond acceptors (Lipinski definition) is 4. The number of aliphatic hydroxyl groups is 1. The summed E-state index contributed by atoms with van der Waals surface area (Å²) in [5.74, 6) is -0.411. The molecule has 3 atom stereocenters. The highest BCUT2D eigenvalue weighted by Crippen LogP contribution is 2.66. The number of esters is 1. The number of carbonyl (C=O) groups excluding carboxylic acids is 2. The normalized spacial score (nSPS) is 28.4. The van der Waals surface area contributed by atoms with Crippen molar-refractivity contribution >= 4 is 11.8 Å². The van der Waals surface area contributed by atoms with Crippen molar-refractivity contribution in [1.29, 1.82) is 0 Å². The molecule has 0 aliphatic heterocycles. The Bertz CT molecular complexity index is 837. The summed E-state index contributed by atoms with van der Waals surface area (Å²) in [6, 6.07) is 0. The molecule has 3 aliphatic carbocycles. The topological polar surface area (TPSA) is 63.6 Å². The Balaban J connectivity index is 1.27. The Morgan fingerprint density at radius 2 is 1.54 bits per heavy atom. The minimum atomic E-state index is -1.30. The maximum Gasteiger partial charge on any atom is 0.306 e. The third kappa shape index (κ3) is 7.58. The van der Waals surface area contributed by atoms with E-state index < -0.39 is 5.60 Å². The van der Waals surface area contributed by atoms with E-state index >= 15 is 0 Å². The summed E-state index contributed by atoms with van der Waals surface area (Å²) < 4.78 is 5.58. The number of ether oxygens (including phenoxy) is 1. The van der Waals surface area contributed by atoms with Gasteiger partial charge in [-0.2, -0.15) is 0 Å². The molecule has 3 unspecified atom stereocenters. The van der Waals surface area contributed by atoms with Gasteiger partial charge in [-0.3, -0.25) is 9.59 Å². The smallest absolute Gasteiger partial charge is 0.306 e. The fourth-order valence-corrected chi connectivity index (χ4v) is 7.28. The molecule has 1 N–H and O–H groups in total. The second-order valence-electron chi connectivity index (χ2n) is 13.2. The molecule has 0 saturated heterocycles. The van der Waals surface area contributed by atoms with Crippen molar-refractivity contribution in [2.45, 2.75) is 149 Å². The van der Waals surface area contributed by atoms with Crippen LogP contribution in [0, 0.1) is 16.7 Å². The molecule has 0 spiro atoms. The average Bonchev–Trinajstić information content (AvgIpc) is 3.11. The van der Waals surface area contributed by atoms with E-state index in [1.165, 1.54) is 57.8 Å². The lowest BCUT2D eigenvalue weighted by Crippen LogP contribution is -2.57. The average molecular weight is 515 g/mol. The van der Waals surface area contributed by atoms with E-state index in [-0.39, 0.29) is 35.1 Å². The Hall–Kier alpha value is -1.42. The molecule has 3 aliphatic rings. The number of ketones is 1. The van der Waals surface area contributed by atoms with Crippen LogP contribution in [-0.2, 0) is 14.3 Å². The maximum atomic E-state index is 13.4. The third-order valence-corrected chi connectivity index (χ3v) is 9.49. The Morgan fingerprint density at radius 1 is 0.946 bits per heavy atom. The first-order valence-electron chi connectivity index (χ1n) is 15.4. The molecule has 0 heterocycles. The van der Waals surface area contributed by atoms with Gasteiger partial charge in [-0.05, 0) is 68.6 Å². The van der Waals surface area contributed by atoms with Crippen LogP contribution in [0.4, 0.5) is 0 Å². The molecule has 4 heteroatoms. The fourth-order valence-electron chi connectivity index (χ4n) is 7.28. The molecule has 2 saturated carbocycles. The van der Waals surface area contributed by atoms with Gasteiger partial charge in [0.05, 0.1) is 0 Å². The zero-order valence-electron chi connectivity index (χ0n) is 24.3. The van der Waals surface area contributed by atoms with Gasteiger partial charge >= 0.3 is 5.97 Å². The molecule has 4 nitrogen and oxygen atoms in total. The van der Waals surface area contributed by atoms with Gasteiger partial charge < -0.3 is 9.84 Å². The summed E-state index contributed by atoms with van der Waals surface area (Å²) in [6.45, 7) is 8.78. The second-order valence-corrected chi connectivity index (χ2v) is 13.2. The highest BCUT2D eigenvalue weighted by molar-refractivity contribution is 6.05. The standard InChI is InChI=1S/C33H54O4/c1-5-6-7-8-9-10-11-12-13-14-15-16-17-18-19-20-29(34)37-24-26-27-21-22-32(27,4)28-23-31(2,3)25-33(28,36)30(26)35/h12-13,28,36H,5-11,14-25H2,1-4H3. The van der Waals surface area contributed by atoms with E-state index in [1.807, 2.05) is 0 Å². The molecule has 210 valence electrons. The molecule has 0 aromatic heterocycles. The van der Waals surface area contributed by atoms with Crippen molar-refractivity contribution in [1.82, 2.24) is 0 Å². The number of hydrogen-bond donors (Lipinski definition) is 1. The summed E-state index contributed by atoms with van der Waals surface area (Å²) >= 11 is 0. The predicted octanol–water partition coefficient (Wildman–Crippen LogP) is 8.41. The van der Waals surface area contributed by atoms with Crippen LogP contribution >= 0.6 is 0 Å². The van der Waals surface area contributed by atoms with E-state index in [1.54, 1.807) is 0 Å². The Kier molecular flexibility index (Phi) is 11.1. The minimum absolute atomic E-state index is 0.0125. The van der Waals surface area contributed by atoms with Gasteiger partial charge in [0, 0.05) is 17.9 Å². The van der Waals surface area contributed by atoms with Crippen molar-refractivity contribution in [2.24, 2.45) is 16.7 Å². The van der Waals surface area contributed by atoms with Crippen molar-refractivity contribution in [3.8, 4) is 0 Å². The van der Waals surface area contributed by atoms with Crippen LogP contribution < -0.4 is 0 Å². The summed E-state index contributed by atoms with van der Waals surface area (Å²) in [4.78, 5) is 25.8. The number of rotatable bonds is 17. The van der Waals surface area contributed by atoms with Crippen molar-refractivity contribution in [2.75, 3.05) is 6.61 Å². The van der Waals surface area contributed by atoms with Crippen LogP contribution in [0.1, 0.15) is 143 Å². The quantitative estimate of drug-likeness (QED) is 0.120. The van der Waals surface area contributed by atoms with E-state index in [9.17, 15) is 14.7 Å². The van der Waals surface area contributed by atoms with E-state index in [0.29, 0.717) is 18.4 Å². The highest BCUT2D eigenvalue weighted by atomic mass is 16.5. The van der Waals surface area contributed by atoms with Crippen molar-refractivity contribution in [3.63, 3.8) is 0 Å². The molecule has 0 aromatic rings. The molecular formula is C33H54O4. The number of allylic oxidation sites excluding steroid dienone is 3. The Labute approximate surface area is 226 Å². The lowest BCUT2D eigenvalue weighted by molar-refractivity contribution is -0.150. The molecular weight excluding hydrogens is 460 g/mol. The summed E-state index contributed by atoms with van der Waals surface area (Å²) in [5, 5.41) is 11.5. The summed E-state index contributed by atoms with van der Waals surface area (Å²) in [6.07, 6.45) is 24.3.